The second kappa shape index (κ2) is 5.05. The van der Waals surface area contributed by atoms with Crippen molar-refractivity contribution >= 4 is 51.9 Å². The zero-order chi connectivity index (χ0) is 12.4. The molecule has 0 saturated carbocycles. The van der Waals surface area contributed by atoms with Crippen molar-refractivity contribution in [1.82, 2.24) is 0 Å². The SMILES string of the molecule is Nc1cccc(Cl)c1Nc1c(Cl)cccc1Cl. The van der Waals surface area contributed by atoms with Gasteiger partial charge in [-0.3, -0.25) is 0 Å². The van der Waals surface area contributed by atoms with Gasteiger partial charge < -0.3 is 11.1 Å². The average Bonchev–Trinajstić information content (AvgIpc) is 2.27. The molecule has 0 atom stereocenters. The van der Waals surface area contributed by atoms with E-state index in [1.54, 1.807) is 36.4 Å². The molecule has 0 unspecified atom stereocenters. The molecule has 0 spiro atoms. The van der Waals surface area contributed by atoms with Gasteiger partial charge in [-0.1, -0.05) is 46.9 Å². The highest BCUT2D eigenvalue weighted by Gasteiger charge is 2.09. The van der Waals surface area contributed by atoms with E-state index in [1.165, 1.54) is 0 Å². The number of hydrogen-bond donors (Lipinski definition) is 2. The molecule has 2 aromatic carbocycles. The quantitative estimate of drug-likeness (QED) is 0.765. The molecule has 0 heterocycles. The van der Waals surface area contributed by atoms with Gasteiger partial charge in [-0.25, -0.2) is 0 Å². The minimum absolute atomic E-state index is 0.511. The van der Waals surface area contributed by atoms with E-state index >= 15 is 0 Å². The zero-order valence-corrected chi connectivity index (χ0v) is 10.9. The maximum absolute atomic E-state index is 6.06. The summed E-state index contributed by atoms with van der Waals surface area (Å²) in [7, 11) is 0. The maximum atomic E-state index is 6.06. The van der Waals surface area contributed by atoms with Crippen LogP contribution < -0.4 is 11.1 Å². The van der Waals surface area contributed by atoms with Crippen molar-refractivity contribution in [2.45, 2.75) is 0 Å². The van der Waals surface area contributed by atoms with Crippen LogP contribution in [0.15, 0.2) is 36.4 Å². The summed E-state index contributed by atoms with van der Waals surface area (Å²) in [6, 6.07) is 10.5. The second-order valence-corrected chi connectivity index (χ2v) is 4.65. The van der Waals surface area contributed by atoms with E-state index in [9.17, 15) is 0 Å². The molecule has 2 rings (SSSR count). The second-order valence-electron chi connectivity index (χ2n) is 3.43. The Morgan fingerprint density at radius 1 is 0.765 bits per heavy atom. The summed E-state index contributed by atoms with van der Waals surface area (Å²) in [6.45, 7) is 0. The molecule has 2 nitrogen and oxygen atoms in total. The molecule has 3 N–H and O–H groups in total. The molecule has 0 saturated heterocycles. The molecule has 5 heteroatoms. The van der Waals surface area contributed by atoms with Crippen molar-refractivity contribution in [2.24, 2.45) is 0 Å². The fourth-order valence-corrected chi connectivity index (χ4v) is 2.14. The Balaban J connectivity index is 2.45. The van der Waals surface area contributed by atoms with E-state index in [4.69, 9.17) is 40.5 Å². The van der Waals surface area contributed by atoms with Crippen LogP contribution in [0, 0.1) is 0 Å². The molecule has 0 fully saturated rings. The van der Waals surface area contributed by atoms with E-state index in [1.807, 2.05) is 0 Å². The number of hydrogen-bond acceptors (Lipinski definition) is 2. The third kappa shape index (κ3) is 2.60. The lowest BCUT2D eigenvalue weighted by molar-refractivity contribution is 1.54. The molecule has 0 aliphatic heterocycles. The van der Waals surface area contributed by atoms with Crippen LogP contribution in [-0.2, 0) is 0 Å². The lowest BCUT2D eigenvalue weighted by atomic mass is 10.2. The Hall–Kier alpha value is -1.09. The maximum Gasteiger partial charge on any atom is 0.0807 e. The summed E-state index contributed by atoms with van der Waals surface area (Å²) in [6.07, 6.45) is 0. The van der Waals surface area contributed by atoms with Crippen LogP contribution in [-0.4, -0.2) is 0 Å². The number of nitrogens with one attached hydrogen (secondary N) is 1. The summed E-state index contributed by atoms with van der Waals surface area (Å²) in [5.41, 5.74) is 7.57. The summed E-state index contributed by atoms with van der Waals surface area (Å²) in [4.78, 5) is 0. The van der Waals surface area contributed by atoms with E-state index in [-0.39, 0.29) is 0 Å². The average molecular weight is 288 g/mol. The molecular formula is C12H9Cl3N2. The first-order valence-corrected chi connectivity index (χ1v) is 5.98. The molecular weight excluding hydrogens is 279 g/mol. The number of anilines is 3. The van der Waals surface area contributed by atoms with Crippen LogP contribution in [0.5, 0.6) is 0 Å². The molecule has 0 aromatic heterocycles. The highest BCUT2D eigenvalue weighted by atomic mass is 35.5. The van der Waals surface area contributed by atoms with Crippen molar-refractivity contribution in [3.63, 3.8) is 0 Å². The number of nitrogens with two attached hydrogens (primary N) is 1. The van der Waals surface area contributed by atoms with Crippen molar-refractivity contribution in [2.75, 3.05) is 11.1 Å². The van der Waals surface area contributed by atoms with Gasteiger partial charge >= 0.3 is 0 Å². The van der Waals surface area contributed by atoms with E-state index < -0.39 is 0 Å². The molecule has 2 aromatic rings. The van der Waals surface area contributed by atoms with Gasteiger partial charge in [0.05, 0.1) is 32.1 Å². The summed E-state index contributed by atoms with van der Waals surface area (Å²) >= 11 is 18.2. The third-order valence-corrected chi connectivity index (χ3v) is 3.20. The van der Waals surface area contributed by atoms with E-state index in [0.717, 1.165) is 0 Å². The van der Waals surface area contributed by atoms with Crippen LogP contribution in [0.25, 0.3) is 0 Å². The van der Waals surface area contributed by atoms with Crippen molar-refractivity contribution in [3.05, 3.63) is 51.5 Å². The highest BCUT2D eigenvalue weighted by Crippen LogP contribution is 2.37. The number of halogens is 3. The van der Waals surface area contributed by atoms with Crippen LogP contribution >= 0.6 is 34.8 Å². The van der Waals surface area contributed by atoms with Gasteiger partial charge in [0.2, 0.25) is 0 Å². The lowest BCUT2D eigenvalue weighted by Gasteiger charge is -2.13. The Morgan fingerprint density at radius 3 is 1.76 bits per heavy atom. The smallest absolute Gasteiger partial charge is 0.0807 e. The fourth-order valence-electron chi connectivity index (χ4n) is 1.41. The van der Waals surface area contributed by atoms with Gasteiger partial charge in [0.1, 0.15) is 0 Å². The lowest BCUT2D eigenvalue weighted by Crippen LogP contribution is -1.98. The molecule has 0 aliphatic rings. The summed E-state index contributed by atoms with van der Waals surface area (Å²) < 4.78 is 0. The largest absolute Gasteiger partial charge is 0.397 e. The van der Waals surface area contributed by atoms with Crippen molar-refractivity contribution < 1.29 is 0 Å². The Kier molecular flexibility index (Phi) is 3.67. The molecule has 0 bridgehead atoms. The first-order chi connectivity index (χ1) is 8.09. The number of benzene rings is 2. The molecule has 17 heavy (non-hydrogen) atoms. The summed E-state index contributed by atoms with van der Waals surface area (Å²) in [5, 5.41) is 4.59. The van der Waals surface area contributed by atoms with Gasteiger partial charge in [-0.15, -0.1) is 0 Å². The molecule has 0 aliphatic carbocycles. The van der Waals surface area contributed by atoms with Gasteiger partial charge in [0.15, 0.2) is 0 Å². The minimum atomic E-state index is 0.511. The van der Waals surface area contributed by atoms with Crippen LogP contribution in [0.2, 0.25) is 15.1 Å². The Bertz CT molecular complexity index is 465. The first kappa shape index (κ1) is 12.4. The third-order valence-electron chi connectivity index (χ3n) is 2.26. The molecule has 0 amide bonds. The normalized spacial score (nSPS) is 10.3. The number of rotatable bonds is 2. The van der Waals surface area contributed by atoms with Crippen LogP contribution in [0.1, 0.15) is 0 Å². The van der Waals surface area contributed by atoms with Crippen LogP contribution in [0.4, 0.5) is 17.1 Å². The van der Waals surface area contributed by atoms with Crippen LogP contribution in [0.3, 0.4) is 0 Å². The van der Waals surface area contributed by atoms with Gasteiger partial charge in [-0.2, -0.15) is 0 Å². The highest BCUT2D eigenvalue weighted by molar-refractivity contribution is 6.39. The topological polar surface area (TPSA) is 38.0 Å². The Morgan fingerprint density at radius 2 is 1.24 bits per heavy atom. The van der Waals surface area contributed by atoms with Gasteiger partial charge in [0.25, 0.3) is 0 Å². The number of nitrogen functional groups attached to an aromatic ring is 1. The molecule has 88 valence electrons. The van der Waals surface area contributed by atoms with Gasteiger partial charge in [-0.05, 0) is 24.3 Å². The van der Waals surface area contributed by atoms with Gasteiger partial charge in [0, 0.05) is 0 Å². The summed E-state index contributed by atoms with van der Waals surface area (Å²) in [5.74, 6) is 0. The monoisotopic (exact) mass is 286 g/mol. The Labute approximate surface area is 114 Å². The van der Waals surface area contributed by atoms with E-state index in [0.29, 0.717) is 32.1 Å². The fraction of sp³-hybridized carbons (Fsp3) is 0. The molecule has 0 radical (unpaired) electrons. The predicted molar refractivity (Wildman–Crippen MR) is 75.6 cm³/mol. The number of para-hydroxylation sites is 2. The minimum Gasteiger partial charge on any atom is -0.397 e. The van der Waals surface area contributed by atoms with Crippen molar-refractivity contribution in [3.8, 4) is 0 Å². The van der Waals surface area contributed by atoms with E-state index in [2.05, 4.69) is 5.32 Å². The predicted octanol–water partition coefficient (Wildman–Crippen LogP) is 4.97. The first-order valence-electron chi connectivity index (χ1n) is 4.84. The zero-order valence-electron chi connectivity index (χ0n) is 8.68. The standard InChI is InChI=1S/C12H9Cl3N2/c13-7-3-1-4-8(14)11(7)17-12-9(15)5-2-6-10(12)16/h1-6,17H,16H2. The van der Waals surface area contributed by atoms with Crippen molar-refractivity contribution in [1.29, 1.82) is 0 Å².